The van der Waals surface area contributed by atoms with Gasteiger partial charge in [0.15, 0.2) is 0 Å². The normalized spacial score (nSPS) is 11.0. The van der Waals surface area contributed by atoms with Crippen LogP contribution in [-0.4, -0.2) is 33.9 Å². The number of aromatic nitrogens is 3. The Bertz CT molecular complexity index is 704. The molecule has 0 saturated heterocycles. The molecule has 0 saturated carbocycles. The lowest BCUT2D eigenvalue weighted by Gasteiger charge is -2.16. The second-order valence-electron chi connectivity index (χ2n) is 5.92. The van der Waals surface area contributed by atoms with E-state index in [1.54, 1.807) is 12.4 Å². The molecule has 7 nitrogen and oxygen atoms in total. The van der Waals surface area contributed by atoms with Crippen LogP contribution in [0.1, 0.15) is 47.4 Å². The number of carbonyl (C=O) groups excluding carboxylic acids is 2. The molecule has 0 aliphatic carbocycles. The molecule has 0 spiro atoms. The van der Waals surface area contributed by atoms with E-state index in [9.17, 15) is 9.59 Å². The number of esters is 1. The molecule has 0 aliphatic rings. The Labute approximate surface area is 134 Å². The molecule has 0 bridgehead atoms. The fourth-order valence-electron chi connectivity index (χ4n) is 1.74. The van der Waals surface area contributed by atoms with Crippen LogP contribution in [0.15, 0.2) is 30.7 Å². The van der Waals surface area contributed by atoms with E-state index in [2.05, 4.69) is 25.0 Å². The van der Waals surface area contributed by atoms with Crippen molar-refractivity contribution in [3.05, 3.63) is 47.8 Å². The number of pyridine rings is 1. The minimum atomic E-state index is -0.504. The Morgan fingerprint density at radius 2 is 1.70 bits per heavy atom. The molecule has 7 heteroatoms. The van der Waals surface area contributed by atoms with E-state index in [1.807, 2.05) is 20.8 Å². The fourth-order valence-corrected chi connectivity index (χ4v) is 1.74. The smallest absolute Gasteiger partial charge is 0.339 e. The van der Waals surface area contributed by atoms with Gasteiger partial charge in [0.05, 0.1) is 30.8 Å². The van der Waals surface area contributed by atoms with Gasteiger partial charge in [-0.3, -0.25) is 9.78 Å². The Balaban J connectivity index is 2.08. The third-order valence-electron chi connectivity index (χ3n) is 3.00. The van der Waals surface area contributed by atoms with Crippen LogP contribution in [0.2, 0.25) is 0 Å². The Hall–Kier alpha value is -2.83. The number of nitrogens with zero attached hydrogens (tertiary/aromatic N) is 3. The molecular formula is C16H18N4O3. The second kappa shape index (κ2) is 6.51. The van der Waals surface area contributed by atoms with Gasteiger partial charge in [0.25, 0.3) is 5.91 Å². The van der Waals surface area contributed by atoms with E-state index in [1.165, 1.54) is 25.4 Å². The molecule has 23 heavy (non-hydrogen) atoms. The minimum Gasteiger partial charge on any atom is -0.465 e. The van der Waals surface area contributed by atoms with Crippen molar-refractivity contribution in [3.8, 4) is 0 Å². The highest BCUT2D eigenvalue weighted by Gasteiger charge is 2.17. The quantitative estimate of drug-likeness (QED) is 0.873. The van der Waals surface area contributed by atoms with Crippen LogP contribution in [0.25, 0.3) is 0 Å². The number of amides is 1. The molecule has 0 atom stereocenters. The topological polar surface area (TPSA) is 94.1 Å². The average molecular weight is 314 g/mol. The molecule has 0 aromatic carbocycles. The molecule has 0 unspecified atom stereocenters. The molecule has 0 fully saturated rings. The van der Waals surface area contributed by atoms with Crippen molar-refractivity contribution >= 4 is 17.6 Å². The molecule has 120 valence electrons. The van der Waals surface area contributed by atoms with Crippen molar-refractivity contribution < 1.29 is 14.3 Å². The Morgan fingerprint density at radius 3 is 2.17 bits per heavy atom. The van der Waals surface area contributed by atoms with E-state index >= 15 is 0 Å². The van der Waals surface area contributed by atoms with Crippen LogP contribution in [0.3, 0.4) is 0 Å². The molecule has 0 aliphatic heterocycles. The summed E-state index contributed by atoms with van der Waals surface area (Å²) in [6.07, 6.45) is 4.39. The predicted octanol–water partition coefficient (Wildman–Crippen LogP) is 2.21. The van der Waals surface area contributed by atoms with Crippen molar-refractivity contribution in [2.45, 2.75) is 26.2 Å². The molecule has 1 amide bonds. The van der Waals surface area contributed by atoms with Crippen molar-refractivity contribution in [1.29, 1.82) is 0 Å². The number of ether oxygens (including phenoxy) is 1. The van der Waals surface area contributed by atoms with Gasteiger partial charge in [-0.2, -0.15) is 0 Å². The third-order valence-corrected chi connectivity index (χ3v) is 3.00. The summed E-state index contributed by atoms with van der Waals surface area (Å²) in [4.78, 5) is 35.8. The summed E-state index contributed by atoms with van der Waals surface area (Å²) in [5, 5.41) is 2.66. The van der Waals surface area contributed by atoms with Crippen LogP contribution in [0.4, 0.5) is 5.69 Å². The minimum absolute atomic E-state index is 0.159. The highest BCUT2D eigenvalue weighted by molar-refractivity contribution is 6.03. The Morgan fingerprint density at radius 1 is 1.04 bits per heavy atom. The highest BCUT2D eigenvalue weighted by atomic mass is 16.5. The molecule has 2 rings (SSSR count). The van der Waals surface area contributed by atoms with Crippen LogP contribution < -0.4 is 5.32 Å². The van der Waals surface area contributed by atoms with Crippen LogP contribution in [0.5, 0.6) is 0 Å². The maximum absolute atomic E-state index is 12.1. The number of anilines is 1. The second-order valence-corrected chi connectivity index (χ2v) is 5.92. The van der Waals surface area contributed by atoms with Gasteiger partial charge in [-0.1, -0.05) is 20.8 Å². The summed E-state index contributed by atoms with van der Waals surface area (Å²) >= 11 is 0. The van der Waals surface area contributed by atoms with E-state index in [0.29, 0.717) is 11.5 Å². The largest absolute Gasteiger partial charge is 0.465 e. The zero-order valence-electron chi connectivity index (χ0n) is 13.5. The lowest BCUT2D eigenvalue weighted by molar-refractivity contribution is 0.0600. The first-order chi connectivity index (χ1) is 10.8. The zero-order valence-corrected chi connectivity index (χ0v) is 13.5. The maximum Gasteiger partial charge on any atom is 0.339 e. The summed E-state index contributed by atoms with van der Waals surface area (Å²) in [6, 6.07) is 2.93. The first kappa shape index (κ1) is 16.5. The summed E-state index contributed by atoms with van der Waals surface area (Å²) in [5.74, 6) is -0.222. The third kappa shape index (κ3) is 4.09. The average Bonchev–Trinajstić information content (AvgIpc) is 2.54. The van der Waals surface area contributed by atoms with Gasteiger partial charge in [-0.05, 0) is 12.1 Å². The van der Waals surface area contributed by atoms with Crippen LogP contribution in [-0.2, 0) is 10.2 Å². The molecular weight excluding hydrogens is 296 g/mol. The molecule has 0 radical (unpaired) electrons. The SMILES string of the molecule is COC(=O)c1ccc(C(=O)Nc2cnc(C(C)(C)C)nc2)nc1. The molecule has 2 aromatic heterocycles. The van der Waals surface area contributed by atoms with E-state index < -0.39 is 11.9 Å². The van der Waals surface area contributed by atoms with E-state index in [-0.39, 0.29) is 16.7 Å². The number of methoxy groups -OCH3 is 1. The number of carbonyl (C=O) groups is 2. The molecule has 1 N–H and O–H groups in total. The van der Waals surface area contributed by atoms with Gasteiger partial charge in [0.1, 0.15) is 11.5 Å². The number of hydrogen-bond acceptors (Lipinski definition) is 6. The van der Waals surface area contributed by atoms with Gasteiger partial charge in [0, 0.05) is 11.6 Å². The fraction of sp³-hybridized carbons (Fsp3) is 0.312. The highest BCUT2D eigenvalue weighted by Crippen LogP contribution is 2.18. The van der Waals surface area contributed by atoms with Crippen molar-refractivity contribution in [3.63, 3.8) is 0 Å². The first-order valence-electron chi connectivity index (χ1n) is 6.99. The number of hydrogen-bond donors (Lipinski definition) is 1. The zero-order chi connectivity index (χ0) is 17.0. The Kier molecular flexibility index (Phi) is 4.68. The standard InChI is InChI=1S/C16H18N4O3/c1-16(2,3)15-18-8-11(9-19-15)20-13(21)12-6-5-10(7-17-12)14(22)23-4/h5-9H,1-4H3,(H,20,21). The summed E-state index contributed by atoms with van der Waals surface area (Å²) in [5.41, 5.74) is 0.773. The first-order valence-corrected chi connectivity index (χ1v) is 6.99. The van der Waals surface area contributed by atoms with Crippen LogP contribution in [0, 0.1) is 0 Å². The molecule has 2 heterocycles. The van der Waals surface area contributed by atoms with E-state index in [0.717, 1.165) is 0 Å². The number of rotatable bonds is 3. The summed E-state index contributed by atoms with van der Waals surface area (Å²) in [7, 11) is 1.28. The summed E-state index contributed by atoms with van der Waals surface area (Å²) in [6.45, 7) is 6.02. The van der Waals surface area contributed by atoms with E-state index in [4.69, 9.17) is 0 Å². The monoisotopic (exact) mass is 314 g/mol. The van der Waals surface area contributed by atoms with Gasteiger partial charge in [-0.15, -0.1) is 0 Å². The maximum atomic E-state index is 12.1. The lowest BCUT2D eigenvalue weighted by Crippen LogP contribution is -2.18. The lowest BCUT2D eigenvalue weighted by atomic mass is 9.96. The van der Waals surface area contributed by atoms with Crippen molar-refractivity contribution in [2.24, 2.45) is 0 Å². The summed E-state index contributed by atoms with van der Waals surface area (Å²) < 4.78 is 4.57. The van der Waals surface area contributed by atoms with Gasteiger partial charge in [-0.25, -0.2) is 14.8 Å². The molecule has 2 aromatic rings. The van der Waals surface area contributed by atoms with Crippen LogP contribution >= 0.6 is 0 Å². The number of nitrogens with one attached hydrogen (secondary N) is 1. The van der Waals surface area contributed by atoms with Crippen molar-refractivity contribution in [1.82, 2.24) is 15.0 Å². The van der Waals surface area contributed by atoms with Gasteiger partial charge in [0.2, 0.25) is 0 Å². The van der Waals surface area contributed by atoms with Crippen molar-refractivity contribution in [2.75, 3.05) is 12.4 Å². The van der Waals surface area contributed by atoms with Gasteiger partial charge >= 0.3 is 5.97 Å². The van der Waals surface area contributed by atoms with Gasteiger partial charge < -0.3 is 10.1 Å². The predicted molar refractivity (Wildman–Crippen MR) is 84.3 cm³/mol.